The summed E-state index contributed by atoms with van der Waals surface area (Å²) in [4.78, 5) is 24.9. The van der Waals surface area contributed by atoms with Crippen LogP contribution in [-0.4, -0.2) is 18.4 Å². The van der Waals surface area contributed by atoms with E-state index in [-0.39, 0.29) is 16.8 Å². The molecule has 4 aromatic rings. The molecule has 0 aliphatic heterocycles. The molecule has 0 amide bonds. The van der Waals surface area contributed by atoms with Gasteiger partial charge < -0.3 is 14.3 Å². The highest BCUT2D eigenvalue weighted by Crippen LogP contribution is 2.34. The molecular weight excluding hydrogens is 439 g/mol. The third-order valence-corrected chi connectivity index (χ3v) is 5.95. The Bertz CT molecular complexity index is 1520. The van der Waals surface area contributed by atoms with E-state index >= 15 is 0 Å². The zero-order chi connectivity index (χ0) is 25.3. The molecule has 1 radical (unpaired) electrons. The van der Waals surface area contributed by atoms with Gasteiger partial charge in [-0.15, -0.1) is 0 Å². The topological polar surface area (TPSA) is 76.7 Å². The molecule has 1 N–H and O–H groups in total. The smallest absolute Gasteiger partial charge is 0.335 e. The Morgan fingerprint density at radius 2 is 1.83 bits per heavy atom. The van der Waals surface area contributed by atoms with Crippen molar-refractivity contribution in [1.29, 1.82) is 0 Å². The van der Waals surface area contributed by atoms with Gasteiger partial charge in [0.1, 0.15) is 17.1 Å². The molecule has 175 valence electrons. The first-order valence-corrected chi connectivity index (χ1v) is 11.3. The number of fused-ring (bicyclic) bond motifs is 1. The third-order valence-electron chi connectivity index (χ3n) is 5.95. The molecule has 1 atom stereocenters. The number of carboxylic acid groups (broad SMARTS) is 1. The lowest BCUT2D eigenvalue weighted by Crippen LogP contribution is -2.26. The predicted molar refractivity (Wildman–Crippen MR) is 140 cm³/mol. The van der Waals surface area contributed by atoms with Crippen LogP contribution in [-0.2, 0) is 0 Å². The minimum Gasteiger partial charge on any atom is -0.478 e. The molecule has 0 spiro atoms. The van der Waals surface area contributed by atoms with Crippen LogP contribution in [0.5, 0.6) is 5.75 Å². The number of allylic oxidation sites excluding steroid dienone is 1. The lowest BCUT2D eigenvalue weighted by atomic mass is 9.56. The predicted octanol–water partition coefficient (Wildman–Crippen LogP) is 5.78. The van der Waals surface area contributed by atoms with Crippen molar-refractivity contribution in [3.8, 4) is 17.1 Å². The number of aromatic carboxylic acids is 1. The monoisotopic (exact) mass is 465 g/mol. The maximum absolute atomic E-state index is 13.2. The van der Waals surface area contributed by atoms with Crippen LogP contribution < -0.4 is 15.6 Å². The van der Waals surface area contributed by atoms with E-state index in [0.29, 0.717) is 33.7 Å². The zero-order valence-corrected chi connectivity index (χ0v) is 20.2. The minimum absolute atomic E-state index is 0.144. The number of hydrogen-bond donors (Lipinski definition) is 1. The zero-order valence-electron chi connectivity index (χ0n) is 20.2. The van der Waals surface area contributed by atoms with E-state index in [0.717, 1.165) is 22.3 Å². The normalized spacial score (nSPS) is 11.8. The Morgan fingerprint density at radius 3 is 2.54 bits per heavy atom. The van der Waals surface area contributed by atoms with Crippen LogP contribution in [0.25, 0.3) is 22.3 Å². The molecule has 1 heterocycles. The Labute approximate surface area is 204 Å². The second-order valence-electron chi connectivity index (χ2n) is 8.79. The second-order valence-corrected chi connectivity index (χ2v) is 8.79. The van der Waals surface area contributed by atoms with Gasteiger partial charge in [0.25, 0.3) is 0 Å². The molecule has 6 heteroatoms. The summed E-state index contributed by atoms with van der Waals surface area (Å²) in [6, 6.07) is 17.7. The first-order chi connectivity index (χ1) is 16.7. The molecule has 0 aliphatic carbocycles. The van der Waals surface area contributed by atoms with Crippen molar-refractivity contribution in [2.24, 2.45) is 0 Å². The maximum atomic E-state index is 13.2. The molecule has 0 aliphatic rings. The summed E-state index contributed by atoms with van der Waals surface area (Å²) in [5.41, 5.74) is 4.50. The molecule has 0 fully saturated rings. The third kappa shape index (κ3) is 4.92. The van der Waals surface area contributed by atoms with Gasteiger partial charge in [-0.05, 0) is 55.9 Å². The van der Waals surface area contributed by atoms with E-state index in [2.05, 4.69) is 6.58 Å². The van der Waals surface area contributed by atoms with Gasteiger partial charge in [-0.3, -0.25) is 4.79 Å². The largest absolute Gasteiger partial charge is 0.478 e. The summed E-state index contributed by atoms with van der Waals surface area (Å²) in [6.07, 6.45) is 0. The van der Waals surface area contributed by atoms with Gasteiger partial charge in [0.15, 0.2) is 12.7 Å². The molecule has 1 unspecified atom stereocenters. The summed E-state index contributed by atoms with van der Waals surface area (Å²) in [6.45, 7) is 11.4. The highest BCUT2D eigenvalue weighted by atomic mass is 16.5. The highest BCUT2D eigenvalue weighted by molar-refractivity contribution is 6.57. The van der Waals surface area contributed by atoms with Gasteiger partial charge in [-0.25, -0.2) is 4.79 Å². The molecule has 0 saturated heterocycles. The molecule has 3 aromatic carbocycles. The second kappa shape index (κ2) is 9.67. The van der Waals surface area contributed by atoms with Gasteiger partial charge in [0, 0.05) is 17.2 Å². The average Bonchev–Trinajstić information content (AvgIpc) is 2.80. The summed E-state index contributed by atoms with van der Waals surface area (Å²) < 4.78 is 12.1. The van der Waals surface area contributed by atoms with E-state index in [1.807, 2.05) is 58.4 Å². The number of hydrogen-bond acceptors (Lipinski definition) is 4. The molecule has 0 saturated carbocycles. The first kappa shape index (κ1) is 24.1. The lowest BCUT2D eigenvalue weighted by molar-refractivity contribution is 0.0698. The molecule has 0 bridgehead atoms. The van der Waals surface area contributed by atoms with Crippen LogP contribution in [0, 0.1) is 13.8 Å². The van der Waals surface area contributed by atoms with Crippen LogP contribution >= 0.6 is 0 Å². The number of benzene rings is 3. The van der Waals surface area contributed by atoms with E-state index in [9.17, 15) is 14.7 Å². The van der Waals surface area contributed by atoms with Gasteiger partial charge in [0.2, 0.25) is 0 Å². The summed E-state index contributed by atoms with van der Waals surface area (Å²) >= 11 is 0. The molecule has 35 heavy (non-hydrogen) atoms. The van der Waals surface area contributed by atoms with E-state index in [4.69, 9.17) is 9.15 Å². The van der Waals surface area contributed by atoms with Gasteiger partial charge in [0.05, 0.1) is 16.7 Å². The van der Waals surface area contributed by atoms with Gasteiger partial charge >= 0.3 is 5.97 Å². The number of rotatable bonds is 7. The lowest BCUT2D eigenvalue weighted by Gasteiger charge is -2.17. The summed E-state index contributed by atoms with van der Waals surface area (Å²) in [5.74, 6) is 0.452. The fourth-order valence-electron chi connectivity index (χ4n) is 4.28. The van der Waals surface area contributed by atoms with Crippen LogP contribution in [0.3, 0.4) is 0 Å². The Morgan fingerprint density at radius 1 is 1.09 bits per heavy atom. The fourth-order valence-corrected chi connectivity index (χ4v) is 4.28. The first-order valence-electron chi connectivity index (χ1n) is 11.3. The van der Waals surface area contributed by atoms with Crippen molar-refractivity contribution in [1.82, 2.24) is 0 Å². The van der Waals surface area contributed by atoms with Crippen molar-refractivity contribution < 1.29 is 19.1 Å². The van der Waals surface area contributed by atoms with E-state index < -0.39 is 5.97 Å². The highest BCUT2D eigenvalue weighted by Gasteiger charge is 2.20. The number of ether oxygens (including phenoxy) is 1. The number of carbonyl (C=O) groups is 1. The number of aryl methyl sites for hydroxylation is 1. The van der Waals surface area contributed by atoms with Crippen LogP contribution in [0.4, 0.5) is 0 Å². The Kier molecular flexibility index (Phi) is 6.65. The van der Waals surface area contributed by atoms with Crippen molar-refractivity contribution in [2.45, 2.75) is 33.5 Å². The Hall–Kier alpha value is -4.06. The minimum atomic E-state index is -0.987. The number of carboxylic acids is 1. The molecule has 4 rings (SSSR count). The van der Waals surface area contributed by atoms with E-state index in [1.54, 1.807) is 31.2 Å². The van der Waals surface area contributed by atoms with E-state index in [1.165, 1.54) is 6.07 Å². The summed E-state index contributed by atoms with van der Waals surface area (Å²) in [5, 5.41) is 10.1. The Balaban J connectivity index is 1.86. The van der Waals surface area contributed by atoms with Gasteiger partial charge in [-0.1, -0.05) is 55.4 Å². The van der Waals surface area contributed by atoms with Crippen molar-refractivity contribution >= 4 is 29.7 Å². The van der Waals surface area contributed by atoms with Crippen molar-refractivity contribution in [3.05, 3.63) is 105 Å². The maximum Gasteiger partial charge on any atom is 0.335 e. The standard InChI is InChI=1S/C29H26BO5/c1-16(2)34-26-12-8-10-20(18(26)4)27-15-25(31)23-14-17(3)13-22(28(23)35-27)19(5)30-24-11-7-6-9-21(24)29(32)33/h6-15,19H,1H2,2-5H3,(H,32,33). The summed E-state index contributed by atoms with van der Waals surface area (Å²) in [7, 11) is 1.89. The van der Waals surface area contributed by atoms with Crippen LogP contribution in [0.15, 0.2) is 82.2 Å². The molecule has 1 aromatic heterocycles. The van der Waals surface area contributed by atoms with Crippen LogP contribution in [0.2, 0.25) is 0 Å². The van der Waals surface area contributed by atoms with Crippen molar-refractivity contribution in [3.63, 3.8) is 0 Å². The van der Waals surface area contributed by atoms with Crippen molar-refractivity contribution in [2.75, 3.05) is 0 Å². The SMILES string of the molecule is C=C(C)Oc1cccc(-c2cc(=O)c3cc(C)cc(C(C)[B]c4ccccc4C(=O)O)c3o2)c1C. The van der Waals surface area contributed by atoms with Crippen LogP contribution in [0.1, 0.15) is 46.7 Å². The van der Waals surface area contributed by atoms with Gasteiger partial charge in [-0.2, -0.15) is 0 Å². The molecular formula is C29H26BO5. The average molecular weight is 465 g/mol. The molecule has 5 nitrogen and oxygen atoms in total. The quantitative estimate of drug-likeness (QED) is 0.277. The fraction of sp³-hybridized carbons (Fsp3) is 0.172.